The molecule has 1 aromatic carbocycles. The zero-order chi connectivity index (χ0) is 10.8. The van der Waals surface area contributed by atoms with Gasteiger partial charge in [-0.15, -0.1) is 11.8 Å². The second-order valence-electron chi connectivity index (χ2n) is 3.28. The van der Waals surface area contributed by atoms with E-state index in [-0.39, 0.29) is 0 Å². The maximum Gasteiger partial charge on any atom is 0.0951 e. The molecule has 0 bridgehead atoms. The average molecular weight is 242 g/mol. The third kappa shape index (κ3) is 2.00. The molecule has 0 amide bonds. The van der Waals surface area contributed by atoms with Crippen LogP contribution >= 0.6 is 23.4 Å². The van der Waals surface area contributed by atoms with Crippen LogP contribution < -0.4 is 5.48 Å². The van der Waals surface area contributed by atoms with Crippen LogP contribution in [0.2, 0.25) is 5.02 Å². The third-order valence-corrected chi connectivity index (χ3v) is 3.59. The van der Waals surface area contributed by atoms with Gasteiger partial charge in [-0.25, -0.2) is 0 Å². The van der Waals surface area contributed by atoms with E-state index in [9.17, 15) is 0 Å². The van der Waals surface area contributed by atoms with Gasteiger partial charge in [0.25, 0.3) is 0 Å². The highest BCUT2D eigenvalue weighted by atomic mass is 35.5. The quantitative estimate of drug-likeness (QED) is 0.804. The van der Waals surface area contributed by atoms with Crippen molar-refractivity contribution >= 4 is 29.1 Å². The molecule has 0 saturated carbocycles. The van der Waals surface area contributed by atoms with Crippen molar-refractivity contribution in [2.45, 2.75) is 11.8 Å². The largest absolute Gasteiger partial charge is 0.272 e. The molecule has 1 heterocycles. The smallest absolute Gasteiger partial charge is 0.0951 e. The predicted octanol–water partition coefficient (Wildman–Crippen LogP) is 3.25. The zero-order valence-electron chi connectivity index (χ0n) is 8.63. The molecule has 4 heteroatoms. The van der Waals surface area contributed by atoms with Gasteiger partial charge in [0.2, 0.25) is 0 Å². The molecule has 0 fully saturated rings. The lowest BCUT2D eigenvalue weighted by atomic mass is 10.1. The van der Waals surface area contributed by atoms with Crippen LogP contribution in [-0.4, -0.2) is 12.9 Å². The van der Waals surface area contributed by atoms with Gasteiger partial charge in [-0.2, -0.15) is 0 Å². The van der Waals surface area contributed by atoms with Crippen molar-refractivity contribution < 1.29 is 4.84 Å². The Balaban J connectivity index is 2.55. The molecule has 1 aromatic rings. The molecule has 0 spiro atoms. The minimum Gasteiger partial charge on any atom is -0.272 e. The summed E-state index contributed by atoms with van der Waals surface area (Å²) in [7, 11) is 0. The molecule has 2 rings (SSSR count). The van der Waals surface area contributed by atoms with E-state index in [0.717, 1.165) is 21.8 Å². The van der Waals surface area contributed by atoms with Crippen molar-refractivity contribution in [1.82, 2.24) is 5.48 Å². The summed E-state index contributed by atoms with van der Waals surface area (Å²) in [6.07, 6.45) is 4.08. The number of rotatable bonds is 2. The fourth-order valence-electron chi connectivity index (χ4n) is 1.61. The maximum absolute atomic E-state index is 6.12. The van der Waals surface area contributed by atoms with Gasteiger partial charge in [0.15, 0.2) is 0 Å². The molecular formula is C11H12ClNOS. The molecule has 0 aliphatic carbocycles. The van der Waals surface area contributed by atoms with Gasteiger partial charge >= 0.3 is 0 Å². The minimum atomic E-state index is 0.606. The highest BCUT2D eigenvalue weighted by Crippen LogP contribution is 2.33. The van der Waals surface area contributed by atoms with Gasteiger partial charge in [0, 0.05) is 15.5 Å². The van der Waals surface area contributed by atoms with Crippen LogP contribution in [0.4, 0.5) is 0 Å². The third-order valence-electron chi connectivity index (χ3n) is 2.40. The first-order chi connectivity index (χ1) is 7.24. The number of hydrogen-bond donors (Lipinski definition) is 1. The van der Waals surface area contributed by atoms with E-state index < -0.39 is 0 Å². The first-order valence-electron chi connectivity index (χ1n) is 4.65. The first-order valence-corrected chi connectivity index (χ1v) is 6.25. The van der Waals surface area contributed by atoms with Crippen molar-refractivity contribution in [3.63, 3.8) is 0 Å². The molecule has 0 unspecified atom stereocenters. The lowest BCUT2D eigenvalue weighted by Gasteiger charge is -2.13. The fourth-order valence-corrected chi connectivity index (χ4v) is 2.43. The highest BCUT2D eigenvalue weighted by Gasteiger charge is 2.15. The van der Waals surface area contributed by atoms with Gasteiger partial charge in [0.05, 0.1) is 12.3 Å². The monoisotopic (exact) mass is 241 g/mol. The van der Waals surface area contributed by atoms with Crippen LogP contribution in [0.25, 0.3) is 5.70 Å². The number of thioether (sulfide) groups is 1. The summed E-state index contributed by atoms with van der Waals surface area (Å²) in [5, 5.41) is 0.789. The number of hydrogen-bond acceptors (Lipinski definition) is 3. The summed E-state index contributed by atoms with van der Waals surface area (Å²) in [6, 6.07) is 3.97. The van der Waals surface area contributed by atoms with Crippen LogP contribution in [-0.2, 0) is 4.84 Å². The second-order valence-corrected chi connectivity index (χ2v) is 4.54. The van der Waals surface area contributed by atoms with Crippen molar-refractivity contribution in [2.75, 3.05) is 12.9 Å². The molecule has 0 radical (unpaired) electrons. The standard InChI is InChI=1S/C11H12ClNOS/c1-7-8(12)3-4-10(15-2)11(7)9-5-6-14-13-9/h3-5,13H,6H2,1-2H3. The van der Waals surface area contributed by atoms with Crippen LogP contribution in [0.3, 0.4) is 0 Å². The Hall–Kier alpha value is -0.640. The topological polar surface area (TPSA) is 21.3 Å². The lowest BCUT2D eigenvalue weighted by molar-refractivity contribution is 0.121. The Labute approximate surface area is 98.6 Å². The maximum atomic E-state index is 6.12. The van der Waals surface area contributed by atoms with E-state index >= 15 is 0 Å². The molecule has 0 aromatic heterocycles. The van der Waals surface area contributed by atoms with Crippen molar-refractivity contribution in [3.8, 4) is 0 Å². The van der Waals surface area contributed by atoms with Gasteiger partial charge in [0.1, 0.15) is 0 Å². The lowest BCUT2D eigenvalue weighted by Crippen LogP contribution is -2.07. The SMILES string of the molecule is CSc1ccc(Cl)c(C)c1C1=CCON1. The minimum absolute atomic E-state index is 0.606. The molecule has 80 valence electrons. The van der Waals surface area contributed by atoms with Crippen molar-refractivity contribution in [3.05, 3.63) is 34.4 Å². The van der Waals surface area contributed by atoms with Gasteiger partial charge in [-0.3, -0.25) is 10.3 Å². The normalized spacial score (nSPS) is 15.0. The molecule has 0 atom stereocenters. The molecule has 1 N–H and O–H groups in total. The second kappa shape index (κ2) is 4.47. The Morgan fingerprint density at radius 2 is 2.27 bits per heavy atom. The predicted molar refractivity (Wildman–Crippen MR) is 65.0 cm³/mol. The van der Waals surface area contributed by atoms with E-state index in [0.29, 0.717) is 6.61 Å². The molecule has 1 aliphatic rings. The van der Waals surface area contributed by atoms with Crippen LogP contribution in [0, 0.1) is 6.92 Å². The van der Waals surface area contributed by atoms with Gasteiger partial charge < -0.3 is 0 Å². The van der Waals surface area contributed by atoms with Gasteiger partial charge in [-0.1, -0.05) is 11.6 Å². The molecule has 0 saturated heterocycles. The van der Waals surface area contributed by atoms with E-state index in [4.69, 9.17) is 16.4 Å². The summed E-state index contributed by atoms with van der Waals surface area (Å²) in [5.41, 5.74) is 6.15. The van der Waals surface area contributed by atoms with E-state index in [1.54, 1.807) is 11.8 Å². The molecule has 15 heavy (non-hydrogen) atoms. The Morgan fingerprint density at radius 3 is 2.87 bits per heavy atom. The van der Waals surface area contributed by atoms with E-state index in [1.165, 1.54) is 4.90 Å². The number of benzene rings is 1. The molecule has 2 nitrogen and oxygen atoms in total. The highest BCUT2D eigenvalue weighted by molar-refractivity contribution is 7.98. The Morgan fingerprint density at radius 1 is 1.47 bits per heavy atom. The van der Waals surface area contributed by atoms with Crippen molar-refractivity contribution in [2.24, 2.45) is 0 Å². The summed E-state index contributed by atoms with van der Waals surface area (Å²) < 4.78 is 0. The van der Waals surface area contributed by atoms with Crippen LogP contribution in [0.15, 0.2) is 23.1 Å². The average Bonchev–Trinajstić information content (AvgIpc) is 2.75. The van der Waals surface area contributed by atoms with Crippen molar-refractivity contribution in [1.29, 1.82) is 0 Å². The summed E-state index contributed by atoms with van der Waals surface area (Å²) >= 11 is 7.83. The summed E-state index contributed by atoms with van der Waals surface area (Å²) in [4.78, 5) is 6.32. The number of halogens is 1. The Bertz CT molecular complexity index is 417. The first kappa shape index (κ1) is 10.9. The number of nitrogens with one attached hydrogen (secondary N) is 1. The zero-order valence-corrected chi connectivity index (χ0v) is 10.2. The van der Waals surface area contributed by atoms with Gasteiger partial charge in [-0.05, 0) is 37.0 Å². The van der Waals surface area contributed by atoms with Crippen LogP contribution in [0.5, 0.6) is 0 Å². The van der Waals surface area contributed by atoms with E-state index in [1.807, 2.05) is 25.1 Å². The fraction of sp³-hybridized carbons (Fsp3) is 0.273. The summed E-state index contributed by atoms with van der Waals surface area (Å²) in [6.45, 7) is 2.63. The molecular weight excluding hydrogens is 230 g/mol. The Kier molecular flexibility index (Phi) is 3.24. The van der Waals surface area contributed by atoms with Crippen LogP contribution in [0.1, 0.15) is 11.1 Å². The molecule has 1 aliphatic heterocycles. The summed E-state index contributed by atoms with van der Waals surface area (Å²) in [5.74, 6) is 0. The number of hydroxylamine groups is 1. The van der Waals surface area contributed by atoms with E-state index in [2.05, 4.69) is 11.7 Å².